The van der Waals surface area contributed by atoms with E-state index in [4.69, 9.17) is 14.5 Å². The highest BCUT2D eigenvalue weighted by Crippen LogP contribution is 2.32. The number of aromatic nitrogens is 2. The summed E-state index contributed by atoms with van der Waals surface area (Å²) in [4.78, 5) is 21.1. The first-order valence-electron chi connectivity index (χ1n) is 12.6. The van der Waals surface area contributed by atoms with Crippen molar-refractivity contribution in [1.82, 2.24) is 15.3 Å². The summed E-state index contributed by atoms with van der Waals surface area (Å²) in [6, 6.07) is 26.5. The average Bonchev–Trinajstić information content (AvgIpc) is 3.31. The number of hydrogen-bond donors (Lipinski definition) is 2. The number of carbonyl (C=O) groups is 1. The molecule has 3 aromatic carbocycles. The number of nitrogens with one attached hydrogen (secondary N) is 2. The van der Waals surface area contributed by atoms with E-state index in [1.54, 1.807) is 14.2 Å². The van der Waals surface area contributed by atoms with Crippen LogP contribution < -0.4 is 14.8 Å². The van der Waals surface area contributed by atoms with Crippen molar-refractivity contribution in [2.24, 2.45) is 0 Å². The Labute approximate surface area is 216 Å². The summed E-state index contributed by atoms with van der Waals surface area (Å²) in [6.45, 7) is 0.577. The highest BCUT2D eigenvalue weighted by Gasteiger charge is 2.15. The summed E-state index contributed by atoms with van der Waals surface area (Å²) in [5.74, 6) is 1.46. The Morgan fingerprint density at radius 1 is 0.892 bits per heavy atom. The number of aryl methyl sites for hydroxylation is 1. The van der Waals surface area contributed by atoms with Gasteiger partial charge in [-0.2, -0.15) is 0 Å². The smallest absolute Gasteiger partial charge is 0.220 e. The number of amides is 1. The highest BCUT2D eigenvalue weighted by atomic mass is 16.5. The van der Waals surface area contributed by atoms with Crippen molar-refractivity contribution in [3.63, 3.8) is 0 Å². The lowest BCUT2D eigenvalue weighted by Crippen LogP contribution is -2.25. The van der Waals surface area contributed by atoms with Crippen molar-refractivity contribution >= 4 is 27.7 Å². The van der Waals surface area contributed by atoms with Gasteiger partial charge in [-0.05, 0) is 60.7 Å². The van der Waals surface area contributed by atoms with Gasteiger partial charge < -0.3 is 19.8 Å². The molecule has 5 aromatic rings. The van der Waals surface area contributed by atoms with Crippen LogP contribution in [0.25, 0.3) is 33.2 Å². The number of hydrogen-bond acceptors (Lipinski definition) is 4. The Bertz CT molecular complexity index is 1540. The van der Waals surface area contributed by atoms with Gasteiger partial charge in [-0.1, -0.05) is 48.5 Å². The quantitative estimate of drug-likeness (QED) is 0.247. The maximum Gasteiger partial charge on any atom is 0.220 e. The minimum atomic E-state index is 0.0608. The van der Waals surface area contributed by atoms with Gasteiger partial charge in [0.1, 0.15) is 0 Å². The van der Waals surface area contributed by atoms with Crippen LogP contribution in [0.5, 0.6) is 11.5 Å². The van der Waals surface area contributed by atoms with Gasteiger partial charge in [0, 0.05) is 29.3 Å². The molecule has 5 rings (SSSR count). The molecule has 0 saturated carbocycles. The number of aromatic amines is 1. The summed E-state index contributed by atoms with van der Waals surface area (Å²) < 4.78 is 10.7. The van der Waals surface area contributed by atoms with Gasteiger partial charge in [-0.25, -0.2) is 4.98 Å². The Hall–Kier alpha value is -4.32. The molecule has 0 unspecified atom stereocenters. The number of rotatable bonds is 10. The van der Waals surface area contributed by atoms with Crippen LogP contribution in [0, 0.1) is 0 Å². The first-order chi connectivity index (χ1) is 18.2. The predicted molar refractivity (Wildman–Crippen MR) is 148 cm³/mol. The minimum Gasteiger partial charge on any atom is -0.493 e. The fourth-order valence-corrected chi connectivity index (χ4v) is 4.78. The Balaban J connectivity index is 1.23. The summed E-state index contributed by atoms with van der Waals surface area (Å²) in [6.07, 6.45) is 2.74. The van der Waals surface area contributed by atoms with Gasteiger partial charge in [0.05, 0.1) is 31.1 Å². The first kappa shape index (κ1) is 24.4. The van der Waals surface area contributed by atoms with Crippen LogP contribution in [0.1, 0.15) is 24.0 Å². The molecular weight excluding hydrogens is 462 g/mol. The molecule has 0 atom stereocenters. The zero-order valence-corrected chi connectivity index (χ0v) is 21.2. The molecule has 0 aliphatic heterocycles. The van der Waals surface area contributed by atoms with Crippen LogP contribution in [0.2, 0.25) is 0 Å². The maximum atomic E-state index is 12.6. The van der Waals surface area contributed by atoms with E-state index < -0.39 is 0 Å². The molecule has 0 aliphatic carbocycles. The van der Waals surface area contributed by atoms with Crippen LogP contribution in [-0.4, -0.2) is 36.6 Å². The fourth-order valence-electron chi connectivity index (χ4n) is 4.78. The standard InChI is InChI=1S/C31H31N3O3/c1-36-28-17-14-21(20-29(28)37-2)18-19-32-30(35)13-7-10-24-23-9-4-6-12-26(23)34-31(24)27-16-15-22-8-3-5-11-25(22)33-27/h3-6,8-9,11-12,14-17,20,34H,7,10,13,18-19H2,1-2H3,(H,32,35). The molecule has 2 heterocycles. The number of carbonyl (C=O) groups excluding carboxylic acids is 1. The topological polar surface area (TPSA) is 76.2 Å². The van der Waals surface area contributed by atoms with Crippen molar-refractivity contribution < 1.29 is 14.3 Å². The van der Waals surface area contributed by atoms with E-state index in [2.05, 4.69) is 46.7 Å². The van der Waals surface area contributed by atoms with E-state index in [9.17, 15) is 4.79 Å². The number of fused-ring (bicyclic) bond motifs is 2. The lowest BCUT2D eigenvalue weighted by molar-refractivity contribution is -0.121. The zero-order valence-electron chi connectivity index (χ0n) is 21.2. The summed E-state index contributed by atoms with van der Waals surface area (Å²) in [5.41, 5.74) is 6.30. The monoisotopic (exact) mass is 493 g/mol. The normalized spacial score (nSPS) is 11.1. The Morgan fingerprint density at radius 2 is 1.70 bits per heavy atom. The lowest BCUT2D eigenvalue weighted by atomic mass is 10.0. The number of para-hydroxylation sites is 2. The Kier molecular flexibility index (Phi) is 7.36. The van der Waals surface area contributed by atoms with E-state index in [0.717, 1.165) is 52.6 Å². The van der Waals surface area contributed by atoms with Crippen molar-refractivity contribution in [3.05, 3.63) is 90.0 Å². The van der Waals surface area contributed by atoms with Crippen molar-refractivity contribution in [2.45, 2.75) is 25.7 Å². The lowest BCUT2D eigenvalue weighted by Gasteiger charge is -2.10. The average molecular weight is 494 g/mol. The minimum absolute atomic E-state index is 0.0608. The summed E-state index contributed by atoms with van der Waals surface area (Å²) >= 11 is 0. The molecule has 0 aliphatic rings. The molecule has 37 heavy (non-hydrogen) atoms. The molecule has 2 aromatic heterocycles. The van der Waals surface area contributed by atoms with Gasteiger partial charge in [-0.15, -0.1) is 0 Å². The summed E-state index contributed by atoms with van der Waals surface area (Å²) in [5, 5.41) is 5.35. The number of benzene rings is 3. The molecule has 0 bridgehead atoms. The van der Waals surface area contributed by atoms with E-state index in [-0.39, 0.29) is 5.91 Å². The molecule has 188 valence electrons. The third kappa shape index (κ3) is 5.43. The SMILES string of the molecule is COc1ccc(CCNC(=O)CCCc2c(-c3ccc4ccccc4n3)[nH]c3ccccc23)cc1OC. The van der Waals surface area contributed by atoms with Crippen LogP contribution in [-0.2, 0) is 17.6 Å². The maximum absolute atomic E-state index is 12.6. The molecule has 0 saturated heterocycles. The van der Waals surface area contributed by atoms with Gasteiger partial charge in [0.25, 0.3) is 0 Å². The van der Waals surface area contributed by atoms with Crippen molar-refractivity contribution in [1.29, 1.82) is 0 Å². The number of methoxy groups -OCH3 is 2. The highest BCUT2D eigenvalue weighted by molar-refractivity contribution is 5.91. The van der Waals surface area contributed by atoms with Crippen LogP contribution >= 0.6 is 0 Å². The molecule has 2 N–H and O–H groups in total. The van der Waals surface area contributed by atoms with Gasteiger partial charge >= 0.3 is 0 Å². The third-order valence-corrected chi connectivity index (χ3v) is 6.68. The van der Waals surface area contributed by atoms with Gasteiger partial charge in [0.2, 0.25) is 5.91 Å². The van der Waals surface area contributed by atoms with Crippen LogP contribution in [0.3, 0.4) is 0 Å². The fraction of sp³-hybridized carbons (Fsp3) is 0.226. The van der Waals surface area contributed by atoms with Crippen LogP contribution in [0.4, 0.5) is 0 Å². The molecule has 6 heteroatoms. The third-order valence-electron chi connectivity index (χ3n) is 6.68. The summed E-state index contributed by atoms with van der Waals surface area (Å²) in [7, 11) is 3.24. The second-order valence-corrected chi connectivity index (χ2v) is 9.06. The molecular formula is C31H31N3O3. The molecule has 0 fully saturated rings. The van der Waals surface area contributed by atoms with E-state index in [1.165, 1.54) is 10.9 Å². The Morgan fingerprint density at radius 3 is 2.57 bits per heavy atom. The molecule has 0 spiro atoms. The molecule has 0 radical (unpaired) electrons. The number of H-pyrrole nitrogens is 1. The van der Waals surface area contributed by atoms with E-state index in [1.807, 2.05) is 42.5 Å². The largest absolute Gasteiger partial charge is 0.493 e. The number of pyridine rings is 1. The first-order valence-corrected chi connectivity index (χ1v) is 12.6. The van der Waals surface area contributed by atoms with Gasteiger partial charge in [0.15, 0.2) is 11.5 Å². The van der Waals surface area contributed by atoms with E-state index in [0.29, 0.717) is 24.5 Å². The van der Waals surface area contributed by atoms with Crippen molar-refractivity contribution in [2.75, 3.05) is 20.8 Å². The van der Waals surface area contributed by atoms with Crippen molar-refractivity contribution in [3.8, 4) is 22.9 Å². The molecule has 1 amide bonds. The second kappa shape index (κ2) is 11.2. The zero-order chi connectivity index (χ0) is 25.6. The number of nitrogens with zero attached hydrogens (tertiary/aromatic N) is 1. The van der Waals surface area contributed by atoms with Crippen LogP contribution in [0.15, 0.2) is 78.9 Å². The van der Waals surface area contributed by atoms with Gasteiger partial charge in [-0.3, -0.25) is 4.79 Å². The number of ether oxygens (including phenoxy) is 2. The predicted octanol–water partition coefficient (Wildman–Crippen LogP) is 6.08. The van der Waals surface area contributed by atoms with E-state index >= 15 is 0 Å². The molecule has 6 nitrogen and oxygen atoms in total. The second-order valence-electron chi connectivity index (χ2n) is 9.06.